The van der Waals surface area contributed by atoms with Gasteiger partial charge in [0.15, 0.2) is 0 Å². The van der Waals surface area contributed by atoms with Crippen LogP contribution in [0.1, 0.15) is 46.0 Å². The Balaban J connectivity index is 1.71. The van der Waals surface area contributed by atoms with E-state index in [1.54, 1.807) is 0 Å². The molecular weight excluding hydrogens is 268 g/mol. The highest BCUT2D eigenvalue weighted by atomic mass is 16.5. The average molecular weight is 298 g/mol. The van der Waals surface area contributed by atoms with Crippen molar-refractivity contribution in [3.63, 3.8) is 0 Å². The Morgan fingerprint density at radius 3 is 2.67 bits per heavy atom. The van der Waals surface area contributed by atoms with Crippen LogP contribution >= 0.6 is 0 Å². The third-order valence-corrected chi connectivity index (χ3v) is 4.61. The summed E-state index contributed by atoms with van der Waals surface area (Å²) in [5, 5.41) is 3.41. The first-order valence-corrected chi connectivity index (χ1v) is 8.39. The van der Waals surface area contributed by atoms with Crippen molar-refractivity contribution in [1.82, 2.24) is 10.2 Å². The zero-order valence-corrected chi connectivity index (χ0v) is 13.5. The van der Waals surface area contributed by atoms with Crippen molar-refractivity contribution in [1.29, 1.82) is 0 Å². The molecule has 1 unspecified atom stereocenters. The molecule has 1 N–H and O–H groups in total. The Morgan fingerprint density at radius 1 is 1.29 bits per heavy atom. The lowest BCUT2D eigenvalue weighted by molar-refractivity contribution is -0.141. The van der Waals surface area contributed by atoms with Crippen molar-refractivity contribution in [3.05, 3.63) is 0 Å². The van der Waals surface area contributed by atoms with E-state index in [0.29, 0.717) is 13.2 Å². The number of ether oxygens (including phenoxy) is 2. The molecule has 0 aliphatic carbocycles. The smallest absolute Gasteiger partial charge is 0.242 e. The third kappa shape index (κ3) is 4.66. The normalized spacial score (nSPS) is 27.8. The van der Waals surface area contributed by atoms with Crippen molar-refractivity contribution in [2.24, 2.45) is 0 Å². The molecular formula is C16H30N2O3. The summed E-state index contributed by atoms with van der Waals surface area (Å²) in [6.45, 7) is 8.69. The zero-order chi connectivity index (χ0) is 15.1. The lowest BCUT2D eigenvalue weighted by atomic mass is 9.89. The Bertz CT molecular complexity index is 321. The first-order valence-electron chi connectivity index (χ1n) is 8.39. The number of likely N-dealkylation sites (tertiary alicyclic amines) is 1. The summed E-state index contributed by atoms with van der Waals surface area (Å²) in [5.74, 6) is 0.273. The minimum atomic E-state index is -0.346. The molecule has 0 saturated carbocycles. The first-order chi connectivity index (χ1) is 10.2. The van der Waals surface area contributed by atoms with Gasteiger partial charge in [0.1, 0.15) is 0 Å². The summed E-state index contributed by atoms with van der Waals surface area (Å²) in [5.41, 5.74) is -0.346. The van der Waals surface area contributed by atoms with Crippen LogP contribution in [0, 0.1) is 0 Å². The number of nitrogens with one attached hydrogen (secondary N) is 1. The number of carbonyl (C=O) groups is 1. The van der Waals surface area contributed by atoms with Crippen molar-refractivity contribution in [3.8, 4) is 0 Å². The van der Waals surface area contributed by atoms with Crippen molar-refractivity contribution >= 4 is 5.91 Å². The number of hydrogen-bond acceptors (Lipinski definition) is 4. The van der Waals surface area contributed by atoms with E-state index >= 15 is 0 Å². The van der Waals surface area contributed by atoms with E-state index in [-0.39, 0.29) is 17.6 Å². The molecule has 5 nitrogen and oxygen atoms in total. The van der Waals surface area contributed by atoms with Gasteiger partial charge >= 0.3 is 0 Å². The number of carbonyl (C=O) groups excluding carboxylic acids is 1. The number of amides is 1. The molecule has 2 aliphatic rings. The van der Waals surface area contributed by atoms with Gasteiger partial charge < -0.3 is 19.7 Å². The van der Waals surface area contributed by atoms with Crippen LogP contribution in [0.25, 0.3) is 0 Å². The van der Waals surface area contributed by atoms with Crippen LogP contribution in [0.2, 0.25) is 0 Å². The summed E-state index contributed by atoms with van der Waals surface area (Å²) in [6, 6.07) is 0. The van der Waals surface area contributed by atoms with E-state index in [9.17, 15) is 4.79 Å². The van der Waals surface area contributed by atoms with Crippen LogP contribution in [-0.2, 0) is 14.3 Å². The van der Waals surface area contributed by atoms with Gasteiger partial charge in [-0.1, -0.05) is 0 Å². The molecule has 2 saturated heterocycles. The Labute approximate surface area is 128 Å². The van der Waals surface area contributed by atoms with Crippen molar-refractivity contribution in [2.75, 3.05) is 39.5 Å². The largest absolute Gasteiger partial charge is 0.379 e. The van der Waals surface area contributed by atoms with Crippen molar-refractivity contribution < 1.29 is 14.3 Å². The molecule has 1 atom stereocenters. The van der Waals surface area contributed by atoms with Crippen LogP contribution in [0.3, 0.4) is 0 Å². The minimum Gasteiger partial charge on any atom is -0.379 e. The standard InChI is InChI=1S/C16H30N2O3/c1-3-20-12-13-21-14-6-10-18(11-7-14)15(19)16(2)8-4-5-9-17-16/h14,17H,3-13H2,1-2H3. The van der Waals surface area contributed by atoms with Crippen molar-refractivity contribution in [2.45, 2.75) is 57.6 Å². The van der Waals surface area contributed by atoms with E-state index in [4.69, 9.17) is 9.47 Å². The Hall–Kier alpha value is -0.650. The maximum atomic E-state index is 12.7. The van der Waals surface area contributed by atoms with Crippen LogP contribution in [0.4, 0.5) is 0 Å². The average Bonchev–Trinajstić information content (AvgIpc) is 2.52. The minimum absolute atomic E-state index is 0.273. The second-order valence-electron chi connectivity index (χ2n) is 6.28. The third-order valence-electron chi connectivity index (χ3n) is 4.61. The van der Waals surface area contributed by atoms with Gasteiger partial charge in [0.05, 0.1) is 24.9 Å². The maximum Gasteiger partial charge on any atom is 0.242 e. The molecule has 1 amide bonds. The summed E-state index contributed by atoms with van der Waals surface area (Å²) in [7, 11) is 0. The second kappa shape index (κ2) is 8.11. The fraction of sp³-hybridized carbons (Fsp3) is 0.938. The number of piperidine rings is 2. The van der Waals surface area contributed by atoms with E-state index in [0.717, 1.165) is 51.9 Å². The number of rotatable bonds is 6. The van der Waals surface area contributed by atoms with Gasteiger partial charge in [-0.15, -0.1) is 0 Å². The topological polar surface area (TPSA) is 50.8 Å². The summed E-state index contributed by atoms with van der Waals surface area (Å²) in [4.78, 5) is 14.7. The Morgan fingerprint density at radius 2 is 2.05 bits per heavy atom. The molecule has 2 fully saturated rings. The second-order valence-corrected chi connectivity index (χ2v) is 6.28. The predicted molar refractivity (Wildman–Crippen MR) is 82.3 cm³/mol. The van der Waals surface area contributed by atoms with Gasteiger partial charge in [-0.25, -0.2) is 0 Å². The van der Waals surface area contributed by atoms with Crippen LogP contribution in [-0.4, -0.2) is 61.9 Å². The molecule has 21 heavy (non-hydrogen) atoms. The lowest BCUT2D eigenvalue weighted by Gasteiger charge is -2.40. The van der Waals surface area contributed by atoms with E-state index in [1.807, 2.05) is 11.8 Å². The van der Waals surface area contributed by atoms with Gasteiger partial charge in [0.25, 0.3) is 0 Å². The monoisotopic (exact) mass is 298 g/mol. The summed E-state index contributed by atoms with van der Waals surface area (Å²) >= 11 is 0. The fourth-order valence-electron chi connectivity index (χ4n) is 3.23. The van der Waals surface area contributed by atoms with Gasteiger partial charge in [0.2, 0.25) is 5.91 Å². The van der Waals surface area contributed by atoms with E-state index in [2.05, 4.69) is 12.2 Å². The van der Waals surface area contributed by atoms with Crippen LogP contribution in [0.15, 0.2) is 0 Å². The van der Waals surface area contributed by atoms with Crippen LogP contribution in [0.5, 0.6) is 0 Å². The highest BCUT2D eigenvalue weighted by Gasteiger charge is 2.38. The predicted octanol–water partition coefficient (Wildman–Crippen LogP) is 1.56. The Kier molecular flexibility index (Phi) is 6.45. The fourth-order valence-corrected chi connectivity index (χ4v) is 3.23. The van der Waals surface area contributed by atoms with Gasteiger partial charge in [0, 0.05) is 19.7 Å². The number of hydrogen-bond donors (Lipinski definition) is 1. The highest BCUT2D eigenvalue weighted by molar-refractivity contribution is 5.86. The lowest BCUT2D eigenvalue weighted by Crippen LogP contribution is -2.59. The first kappa shape index (κ1) is 16.7. The molecule has 0 aromatic heterocycles. The molecule has 2 aliphatic heterocycles. The van der Waals surface area contributed by atoms with E-state index < -0.39 is 0 Å². The molecule has 5 heteroatoms. The van der Waals surface area contributed by atoms with Gasteiger partial charge in [-0.05, 0) is 52.5 Å². The number of nitrogens with zero attached hydrogens (tertiary/aromatic N) is 1. The maximum absolute atomic E-state index is 12.7. The van der Waals surface area contributed by atoms with Crippen LogP contribution < -0.4 is 5.32 Å². The molecule has 0 aromatic carbocycles. The highest BCUT2D eigenvalue weighted by Crippen LogP contribution is 2.24. The molecule has 0 aromatic rings. The molecule has 2 heterocycles. The summed E-state index contributed by atoms with van der Waals surface area (Å²) < 4.78 is 11.1. The van der Waals surface area contributed by atoms with Gasteiger partial charge in [-0.2, -0.15) is 0 Å². The molecule has 0 radical (unpaired) electrons. The van der Waals surface area contributed by atoms with Gasteiger partial charge in [-0.3, -0.25) is 4.79 Å². The molecule has 0 bridgehead atoms. The molecule has 0 spiro atoms. The quantitative estimate of drug-likeness (QED) is 0.756. The van der Waals surface area contributed by atoms with E-state index in [1.165, 1.54) is 6.42 Å². The SMILES string of the molecule is CCOCCOC1CCN(C(=O)C2(C)CCCCN2)CC1. The molecule has 2 rings (SSSR count). The molecule has 122 valence electrons. The zero-order valence-electron chi connectivity index (χ0n) is 13.5. The summed E-state index contributed by atoms with van der Waals surface area (Å²) in [6.07, 6.45) is 5.44.